The van der Waals surface area contributed by atoms with Crippen molar-refractivity contribution in [1.82, 2.24) is 8.54 Å². The Balaban J connectivity index is 2.04. The Morgan fingerprint density at radius 1 is 1.03 bits per heavy atom. The molecule has 0 bridgehead atoms. The zero-order valence-corrected chi connectivity index (χ0v) is 16.7. The van der Waals surface area contributed by atoms with Crippen molar-refractivity contribution < 1.29 is 27.1 Å². The third-order valence-electron chi connectivity index (χ3n) is 4.00. The van der Waals surface area contributed by atoms with Gasteiger partial charge in [0, 0.05) is 7.05 Å². The van der Waals surface area contributed by atoms with Gasteiger partial charge in [0.15, 0.2) is 11.3 Å². The number of aromatic nitrogens is 2. The number of rotatable bonds is 4. The summed E-state index contributed by atoms with van der Waals surface area (Å²) in [6, 6.07) is 13.1. The van der Waals surface area contributed by atoms with E-state index in [1.165, 1.54) is 43.5 Å². The van der Waals surface area contributed by atoms with Gasteiger partial charge < -0.3 is 9.47 Å². The molecule has 30 heavy (non-hydrogen) atoms. The first-order chi connectivity index (χ1) is 14.2. The van der Waals surface area contributed by atoms with E-state index in [4.69, 9.17) is 9.47 Å². The number of carbonyl (C=O) groups is 1. The van der Waals surface area contributed by atoms with E-state index in [0.29, 0.717) is 16.5 Å². The molecule has 0 aliphatic carbocycles. The van der Waals surface area contributed by atoms with Crippen LogP contribution in [0.1, 0.15) is 0 Å². The summed E-state index contributed by atoms with van der Waals surface area (Å²) in [5.74, 6) is -0.631. The highest BCUT2D eigenvalue weighted by molar-refractivity contribution is 7.90. The molecule has 0 N–H and O–H groups in total. The van der Waals surface area contributed by atoms with Crippen LogP contribution in [0.5, 0.6) is 11.5 Å². The highest BCUT2D eigenvalue weighted by atomic mass is 32.2. The average molecular weight is 433 g/mol. The summed E-state index contributed by atoms with van der Waals surface area (Å²) in [6.45, 7) is 0. The minimum absolute atomic E-state index is 0.171. The summed E-state index contributed by atoms with van der Waals surface area (Å²) >= 11 is 0. The number of nitrogens with zero attached hydrogens (tertiary/aromatic N) is 3. The average Bonchev–Trinajstić information content (AvgIpc) is 2.74. The summed E-state index contributed by atoms with van der Waals surface area (Å²) in [6.07, 6.45) is -0.720. The molecule has 156 valence electrons. The van der Waals surface area contributed by atoms with Crippen LogP contribution in [0.25, 0.3) is 0 Å². The second kappa shape index (κ2) is 8.33. The van der Waals surface area contributed by atoms with Crippen molar-refractivity contribution in [1.29, 1.82) is 0 Å². The molecule has 9 nitrogen and oxygen atoms in total. The van der Waals surface area contributed by atoms with Crippen LogP contribution >= 0.6 is 0 Å². The molecule has 0 atom stereocenters. The lowest BCUT2D eigenvalue weighted by molar-refractivity contribution is 0.209. The third kappa shape index (κ3) is 4.15. The minimum Gasteiger partial charge on any atom is -0.497 e. The molecule has 0 aliphatic heterocycles. The Hall–Kier alpha value is -3.73. The van der Waals surface area contributed by atoms with Gasteiger partial charge in [0.25, 0.3) is 10.0 Å². The molecular formula is C19H16FN3O6S. The van der Waals surface area contributed by atoms with Crippen molar-refractivity contribution in [3.05, 3.63) is 82.6 Å². The molecule has 3 rings (SSSR count). The molecule has 0 saturated carbocycles. The number of hydrogen-bond donors (Lipinski definition) is 0. The Labute approximate surface area is 170 Å². The van der Waals surface area contributed by atoms with Gasteiger partial charge in [-0.2, -0.15) is 8.96 Å². The number of hydrogen-bond acceptors (Lipinski definition) is 6. The maximum Gasteiger partial charge on any atom is 0.441 e. The molecule has 0 aliphatic rings. The lowest BCUT2D eigenvalue weighted by Crippen LogP contribution is -2.43. The highest BCUT2D eigenvalue weighted by Crippen LogP contribution is 2.17. The first-order valence-corrected chi connectivity index (χ1v) is 9.87. The van der Waals surface area contributed by atoms with Crippen LogP contribution in [0.3, 0.4) is 0 Å². The molecule has 0 spiro atoms. The molecule has 3 aromatic rings. The van der Waals surface area contributed by atoms with E-state index < -0.39 is 33.1 Å². The van der Waals surface area contributed by atoms with Crippen molar-refractivity contribution in [3.8, 4) is 11.5 Å². The van der Waals surface area contributed by atoms with E-state index >= 15 is 0 Å². The van der Waals surface area contributed by atoms with Crippen molar-refractivity contribution in [3.63, 3.8) is 0 Å². The molecular weight excluding hydrogens is 417 g/mol. The second-order valence-corrected chi connectivity index (χ2v) is 7.73. The fraction of sp³-hybridized carbons (Fsp3) is 0.105. The largest absolute Gasteiger partial charge is 0.497 e. The summed E-state index contributed by atoms with van der Waals surface area (Å²) in [7, 11) is -1.91. The maximum absolute atomic E-state index is 14.6. The van der Waals surface area contributed by atoms with Gasteiger partial charge in [-0.3, -0.25) is 4.57 Å². The van der Waals surface area contributed by atoms with Gasteiger partial charge in [-0.05, 0) is 36.4 Å². The van der Waals surface area contributed by atoms with Crippen LogP contribution < -0.4 is 20.7 Å². The molecule has 2 aromatic carbocycles. The summed E-state index contributed by atoms with van der Waals surface area (Å²) in [4.78, 5) is 27.7. The normalized spacial score (nSPS) is 11.9. The Morgan fingerprint density at radius 3 is 2.27 bits per heavy atom. The van der Waals surface area contributed by atoms with Gasteiger partial charge in [-0.1, -0.05) is 18.2 Å². The zero-order chi connectivity index (χ0) is 21.9. The lowest BCUT2D eigenvalue weighted by Gasteiger charge is -2.10. The van der Waals surface area contributed by atoms with E-state index in [0.717, 1.165) is 7.05 Å². The predicted octanol–water partition coefficient (Wildman–Crippen LogP) is 1.67. The van der Waals surface area contributed by atoms with Crippen LogP contribution in [0.4, 0.5) is 9.18 Å². The molecule has 1 amide bonds. The van der Waals surface area contributed by atoms with Crippen molar-refractivity contribution in [2.75, 3.05) is 7.11 Å². The van der Waals surface area contributed by atoms with Crippen molar-refractivity contribution in [2.24, 2.45) is 12.0 Å². The second-order valence-electron chi connectivity index (χ2n) is 5.91. The van der Waals surface area contributed by atoms with Gasteiger partial charge in [0.2, 0.25) is 0 Å². The van der Waals surface area contributed by atoms with Gasteiger partial charge in [-0.25, -0.2) is 22.4 Å². The molecule has 1 aromatic heterocycles. The third-order valence-corrected chi connectivity index (χ3v) is 5.65. The molecule has 0 radical (unpaired) electrons. The highest BCUT2D eigenvalue weighted by Gasteiger charge is 2.22. The van der Waals surface area contributed by atoms with Gasteiger partial charge >= 0.3 is 11.8 Å². The van der Waals surface area contributed by atoms with Gasteiger partial charge in [-0.15, -0.1) is 0 Å². The predicted molar refractivity (Wildman–Crippen MR) is 103 cm³/mol. The summed E-state index contributed by atoms with van der Waals surface area (Å²) in [5.41, 5.74) is -1.81. The Kier molecular flexibility index (Phi) is 5.83. The van der Waals surface area contributed by atoms with Crippen molar-refractivity contribution >= 4 is 16.1 Å². The van der Waals surface area contributed by atoms with E-state index in [-0.39, 0.29) is 14.6 Å². The molecule has 0 saturated heterocycles. The minimum atomic E-state index is -4.40. The fourth-order valence-corrected chi connectivity index (χ4v) is 3.74. The quantitative estimate of drug-likeness (QED) is 0.619. The summed E-state index contributed by atoms with van der Waals surface area (Å²) < 4.78 is 50.8. The topological polar surface area (TPSA) is 109 Å². The van der Waals surface area contributed by atoms with Crippen LogP contribution in [-0.2, 0) is 17.1 Å². The SMILES string of the molecule is COc1ccc(S(=O)(=O)n2cc(F)c(=NC(=O)Oc3ccccc3)n(C)c2=O)cc1. The molecule has 11 heteroatoms. The first kappa shape index (κ1) is 21.0. The van der Waals surface area contributed by atoms with Crippen LogP contribution in [0, 0.1) is 5.82 Å². The summed E-state index contributed by atoms with van der Waals surface area (Å²) in [5, 5.41) is 0. The number of carbonyl (C=O) groups excluding carboxylic acids is 1. The van der Waals surface area contributed by atoms with E-state index in [9.17, 15) is 22.4 Å². The molecule has 0 fully saturated rings. The number of halogens is 1. The van der Waals surface area contributed by atoms with Crippen molar-refractivity contribution in [2.45, 2.75) is 4.90 Å². The standard InChI is InChI=1S/C19H16FN3O6S/c1-22-17(21-18(24)29-14-6-4-3-5-7-14)16(20)12-23(19(22)25)30(26,27)15-10-8-13(28-2)9-11-15/h3-12H,1-2H3. The van der Waals surface area contributed by atoms with E-state index in [1.54, 1.807) is 18.2 Å². The number of ether oxygens (including phenoxy) is 2. The number of amides is 1. The van der Waals surface area contributed by atoms with Gasteiger partial charge in [0.05, 0.1) is 18.2 Å². The van der Waals surface area contributed by atoms with Gasteiger partial charge in [0.1, 0.15) is 11.5 Å². The number of benzene rings is 2. The molecule has 1 heterocycles. The van der Waals surface area contributed by atoms with Crippen LogP contribution in [0.15, 0.2) is 75.5 Å². The maximum atomic E-state index is 14.6. The Morgan fingerprint density at radius 2 is 1.67 bits per heavy atom. The first-order valence-electron chi connectivity index (χ1n) is 8.43. The smallest absolute Gasteiger partial charge is 0.441 e. The van der Waals surface area contributed by atoms with Crippen LogP contribution in [-0.4, -0.2) is 30.2 Å². The number of para-hydroxylation sites is 1. The number of methoxy groups -OCH3 is 1. The zero-order valence-electron chi connectivity index (χ0n) is 15.9. The molecule has 0 unspecified atom stereocenters. The Bertz CT molecular complexity index is 1310. The van der Waals surface area contributed by atoms with E-state index in [1.807, 2.05) is 0 Å². The lowest BCUT2D eigenvalue weighted by atomic mass is 10.3. The monoisotopic (exact) mass is 433 g/mol. The fourth-order valence-electron chi connectivity index (χ4n) is 2.48. The van der Waals surface area contributed by atoms with E-state index in [2.05, 4.69) is 4.99 Å². The van der Waals surface area contributed by atoms with Crippen LogP contribution in [0.2, 0.25) is 0 Å².